The van der Waals surface area contributed by atoms with Gasteiger partial charge < -0.3 is 10.0 Å². The molecule has 1 N–H and O–H groups in total. The van der Waals surface area contributed by atoms with Gasteiger partial charge in [0.15, 0.2) is 0 Å². The molecule has 3 aromatic rings. The van der Waals surface area contributed by atoms with Crippen molar-refractivity contribution in [2.45, 2.75) is 25.0 Å². The molecule has 1 amide bonds. The fraction of sp³-hybridized carbons (Fsp3) is 0.174. The van der Waals surface area contributed by atoms with Gasteiger partial charge in [0, 0.05) is 18.2 Å². The van der Waals surface area contributed by atoms with Gasteiger partial charge in [-0.3, -0.25) is 4.79 Å². The number of aliphatic hydroxyl groups excluding tert-OH is 1. The zero-order valence-electron chi connectivity index (χ0n) is 14.5. The molecule has 4 rings (SSSR count). The van der Waals surface area contributed by atoms with Crippen LogP contribution in [0.1, 0.15) is 12.0 Å². The quantitative estimate of drug-likeness (QED) is 0.776. The Balaban J connectivity index is 1.55. The average Bonchev–Trinajstić information content (AvgIpc) is 2.97. The standard InChI is InChI=1S/C23H21NO2/c25-22-16-21(24(23(22)26)20-9-5-2-6-10-20)15-17-11-13-19(14-12-17)18-7-3-1-4-8-18/h1-14,21-22,25H,15-16H2/t21?,22-/m1/s1. The van der Waals surface area contributed by atoms with Crippen molar-refractivity contribution in [3.8, 4) is 11.1 Å². The number of nitrogens with zero attached hydrogens (tertiary/aromatic N) is 1. The van der Waals surface area contributed by atoms with Crippen LogP contribution in [0.4, 0.5) is 5.69 Å². The summed E-state index contributed by atoms with van der Waals surface area (Å²) in [4.78, 5) is 14.2. The average molecular weight is 343 g/mol. The molecule has 1 fully saturated rings. The van der Waals surface area contributed by atoms with E-state index in [1.807, 2.05) is 48.5 Å². The van der Waals surface area contributed by atoms with Gasteiger partial charge in [0.1, 0.15) is 6.10 Å². The maximum atomic E-state index is 12.4. The van der Waals surface area contributed by atoms with E-state index in [0.29, 0.717) is 6.42 Å². The monoisotopic (exact) mass is 343 g/mol. The predicted octanol–water partition coefficient (Wildman–Crippen LogP) is 4.06. The molecule has 1 unspecified atom stereocenters. The SMILES string of the molecule is O=C1[C@H](O)CC(Cc2ccc(-c3ccccc3)cc2)N1c1ccccc1. The van der Waals surface area contributed by atoms with Gasteiger partial charge in [-0.2, -0.15) is 0 Å². The molecule has 0 aliphatic carbocycles. The summed E-state index contributed by atoms with van der Waals surface area (Å²) in [7, 11) is 0. The molecule has 0 bridgehead atoms. The first-order valence-corrected chi connectivity index (χ1v) is 8.93. The second-order valence-corrected chi connectivity index (χ2v) is 6.72. The number of amides is 1. The topological polar surface area (TPSA) is 40.5 Å². The Labute approximate surface area is 153 Å². The first-order valence-electron chi connectivity index (χ1n) is 8.93. The highest BCUT2D eigenvalue weighted by Gasteiger charge is 2.39. The van der Waals surface area contributed by atoms with E-state index in [1.54, 1.807) is 4.90 Å². The third-order valence-corrected chi connectivity index (χ3v) is 4.95. The molecule has 0 radical (unpaired) electrons. The molecule has 0 spiro atoms. The number of anilines is 1. The minimum atomic E-state index is -0.913. The van der Waals surface area contributed by atoms with E-state index in [9.17, 15) is 9.90 Å². The summed E-state index contributed by atoms with van der Waals surface area (Å²) in [6.07, 6.45) is 0.282. The molecule has 130 valence electrons. The smallest absolute Gasteiger partial charge is 0.256 e. The first-order chi connectivity index (χ1) is 12.7. The largest absolute Gasteiger partial charge is 0.383 e. The third kappa shape index (κ3) is 3.26. The molecule has 3 heteroatoms. The lowest BCUT2D eigenvalue weighted by atomic mass is 9.99. The van der Waals surface area contributed by atoms with Crippen LogP contribution in [0, 0.1) is 0 Å². The minimum Gasteiger partial charge on any atom is -0.383 e. The van der Waals surface area contributed by atoms with Gasteiger partial charge in [0.25, 0.3) is 5.91 Å². The highest BCUT2D eigenvalue weighted by Crippen LogP contribution is 2.29. The van der Waals surface area contributed by atoms with E-state index in [0.717, 1.165) is 17.7 Å². The van der Waals surface area contributed by atoms with E-state index in [4.69, 9.17) is 0 Å². The van der Waals surface area contributed by atoms with Gasteiger partial charge in [-0.05, 0) is 35.2 Å². The highest BCUT2D eigenvalue weighted by atomic mass is 16.3. The van der Waals surface area contributed by atoms with Crippen molar-refractivity contribution in [2.24, 2.45) is 0 Å². The lowest BCUT2D eigenvalue weighted by molar-refractivity contribution is -0.124. The second-order valence-electron chi connectivity index (χ2n) is 6.72. The summed E-state index contributed by atoms with van der Waals surface area (Å²) in [6.45, 7) is 0. The Morgan fingerprint density at radius 2 is 1.38 bits per heavy atom. The Morgan fingerprint density at radius 3 is 2.04 bits per heavy atom. The molecular formula is C23H21NO2. The van der Waals surface area contributed by atoms with Crippen molar-refractivity contribution >= 4 is 11.6 Å². The fourth-order valence-corrected chi connectivity index (χ4v) is 3.64. The summed E-state index contributed by atoms with van der Waals surface area (Å²) < 4.78 is 0. The second kappa shape index (κ2) is 7.14. The summed E-state index contributed by atoms with van der Waals surface area (Å²) >= 11 is 0. The predicted molar refractivity (Wildman–Crippen MR) is 104 cm³/mol. The van der Waals surface area contributed by atoms with E-state index >= 15 is 0 Å². The molecule has 0 saturated carbocycles. The number of aliphatic hydroxyl groups is 1. The van der Waals surface area contributed by atoms with E-state index < -0.39 is 6.10 Å². The fourth-order valence-electron chi connectivity index (χ4n) is 3.64. The third-order valence-electron chi connectivity index (χ3n) is 4.95. The Morgan fingerprint density at radius 1 is 0.808 bits per heavy atom. The number of carbonyl (C=O) groups excluding carboxylic acids is 1. The van der Waals surface area contributed by atoms with Crippen LogP contribution in [-0.4, -0.2) is 23.2 Å². The van der Waals surface area contributed by atoms with Crippen molar-refractivity contribution in [1.29, 1.82) is 0 Å². The number of para-hydroxylation sites is 1. The first kappa shape index (κ1) is 16.6. The molecule has 1 heterocycles. The molecule has 3 nitrogen and oxygen atoms in total. The van der Waals surface area contributed by atoms with Crippen LogP contribution in [0.5, 0.6) is 0 Å². The van der Waals surface area contributed by atoms with Crippen LogP contribution in [0.25, 0.3) is 11.1 Å². The summed E-state index contributed by atoms with van der Waals surface area (Å²) in [5.41, 5.74) is 4.38. The zero-order valence-corrected chi connectivity index (χ0v) is 14.5. The Hall–Kier alpha value is -2.91. The number of benzene rings is 3. The zero-order chi connectivity index (χ0) is 17.9. The number of hydrogen-bond donors (Lipinski definition) is 1. The van der Waals surface area contributed by atoms with Crippen LogP contribution in [0.2, 0.25) is 0 Å². The van der Waals surface area contributed by atoms with Crippen LogP contribution in [0.3, 0.4) is 0 Å². The van der Waals surface area contributed by atoms with Gasteiger partial charge in [-0.25, -0.2) is 0 Å². The van der Waals surface area contributed by atoms with Crippen molar-refractivity contribution < 1.29 is 9.90 Å². The van der Waals surface area contributed by atoms with Crippen molar-refractivity contribution in [1.82, 2.24) is 0 Å². The van der Waals surface area contributed by atoms with E-state index in [-0.39, 0.29) is 11.9 Å². The molecular weight excluding hydrogens is 322 g/mol. The van der Waals surface area contributed by atoms with Crippen molar-refractivity contribution in [3.63, 3.8) is 0 Å². The molecule has 2 atom stereocenters. The molecule has 1 aliphatic rings. The Kier molecular flexibility index (Phi) is 4.55. The molecule has 1 saturated heterocycles. The molecule has 0 aromatic heterocycles. The van der Waals surface area contributed by atoms with Crippen molar-refractivity contribution in [2.75, 3.05) is 4.90 Å². The van der Waals surface area contributed by atoms with Crippen LogP contribution in [0.15, 0.2) is 84.9 Å². The highest BCUT2D eigenvalue weighted by molar-refractivity contribution is 5.99. The lowest BCUT2D eigenvalue weighted by Gasteiger charge is -2.24. The van der Waals surface area contributed by atoms with Gasteiger partial charge >= 0.3 is 0 Å². The summed E-state index contributed by atoms with van der Waals surface area (Å²) in [6, 6.07) is 28.3. The number of carbonyl (C=O) groups is 1. The van der Waals surface area contributed by atoms with Gasteiger partial charge in [0.05, 0.1) is 0 Å². The Bertz CT molecular complexity index is 875. The van der Waals surface area contributed by atoms with Crippen LogP contribution >= 0.6 is 0 Å². The van der Waals surface area contributed by atoms with Gasteiger partial charge in [-0.15, -0.1) is 0 Å². The van der Waals surface area contributed by atoms with Crippen LogP contribution in [-0.2, 0) is 11.2 Å². The minimum absolute atomic E-state index is 0.0255. The normalized spacial score (nSPS) is 19.7. The van der Waals surface area contributed by atoms with Crippen molar-refractivity contribution in [3.05, 3.63) is 90.5 Å². The summed E-state index contributed by atoms with van der Waals surface area (Å²) in [5, 5.41) is 10.1. The van der Waals surface area contributed by atoms with Crippen LogP contribution < -0.4 is 4.90 Å². The van der Waals surface area contributed by atoms with E-state index in [1.165, 1.54) is 11.1 Å². The van der Waals surface area contributed by atoms with E-state index in [2.05, 4.69) is 36.4 Å². The maximum absolute atomic E-state index is 12.4. The lowest BCUT2D eigenvalue weighted by Crippen LogP contribution is -2.35. The molecule has 1 aliphatic heterocycles. The number of hydrogen-bond acceptors (Lipinski definition) is 2. The maximum Gasteiger partial charge on any atom is 0.256 e. The van der Waals surface area contributed by atoms with Gasteiger partial charge in [0.2, 0.25) is 0 Å². The molecule has 26 heavy (non-hydrogen) atoms. The number of rotatable bonds is 4. The molecule has 3 aromatic carbocycles. The summed E-state index contributed by atoms with van der Waals surface area (Å²) in [5.74, 6) is -0.206. The van der Waals surface area contributed by atoms with Gasteiger partial charge in [-0.1, -0.05) is 72.8 Å².